The number of nitrogen functional groups attached to an aromatic ring is 1. The lowest BCUT2D eigenvalue weighted by Gasteiger charge is -2.24. The van der Waals surface area contributed by atoms with E-state index in [1.165, 1.54) is 0 Å². The number of nitrogens with two attached hydrogens (primary N) is 2. The summed E-state index contributed by atoms with van der Waals surface area (Å²) in [4.78, 5) is 13.6. The van der Waals surface area contributed by atoms with E-state index in [4.69, 9.17) is 21.4 Å². The normalized spacial score (nSPS) is 16.3. The molecule has 0 saturated carbocycles. The highest BCUT2D eigenvalue weighted by Crippen LogP contribution is 2.30. The second-order valence-electron chi connectivity index (χ2n) is 6.31. The third-order valence-electron chi connectivity index (χ3n) is 4.40. The molecule has 0 amide bonds. The van der Waals surface area contributed by atoms with Crippen LogP contribution in [0.1, 0.15) is 17.7 Å². The first kappa shape index (κ1) is 15.5. The van der Waals surface area contributed by atoms with Crippen LogP contribution in [0.3, 0.4) is 0 Å². The van der Waals surface area contributed by atoms with E-state index < -0.39 is 0 Å². The minimum Gasteiger partial charge on any atom is -0.399 e. The molecule has 1 aliphatic rings. The van der Waals surface area contributed by atoms with Crippen molar-refractivity contribution in [2.75, 3.05) is 11.1 Å². The van der Waals surface area contributed by atoms with E-state index in [1.807, 2.05) is 36.4 Å². The number of anilines is 3. The molecule has 5 N–H and O–H groups in total. The highest BCUT2D eigenvalue weighted by Gasteiger charge is 2.22. The fraction of sp³-hybridized carbons (Fsp3) is 0.211. The molecular formula is C19H20N6. The molecule has 0 saturated heterocycles. The van der Waals surface area contributed by atoms with Gasteiger partial charge in [-0.05, 0) is 49.6 Å². The molecule has 1 atom stereocenters. The van der Waals surface area contributed by atoms with Gasteiger partial charge in [0.2, 0.25) is 0 Å². The number of aryl methyl sites for hydroxylation is 1. The average Bonchev–Trinajstić information content (AvgIpc) is 2.63. The van der Waals surface area contributed by atoms with Gasteiger partial charge in [0, 0.05) is 46.6 Å². The van der Waals surface area contributed by atoms with Gasteiger partial charge < -0.3 is 16.8 Å². The van der Waals surface area contributed by atoms with E-state index in [0.29, 0.717) is 11.5 Å². The van der Waals surface area contributed by atoms with Gasteiger partial charge in [-0.1, -0.05) is 6.07 Å². The van der Waals surface area contributed by atoms with Crippen LogP contribution in [0, 0.1) is 0 Å². The number of hydrogen-bond acceptors (Lipinski definition) is 6. The van der Waals surface area contributed by atoms with Gasteiger partial charge in [0.25, 0.3) is 0 Å². The van der Waals surface area contributed by atoms with E-state index in [9.17, 15) is 0 Å². The fourth-order valence-electron chi connectivity index (χ4n) is 3.12. The van der Waals surface area contributed by atoms with Crippen molar-refractivity contribution in [1.29, 1.82) is 0 Å². The van der Waals surface area contributed by atoms with Crippen molar-refractivity contribution in [2.45, 2.75) is 25.3 Å². The van der Waals surface area contributed by atoms with E-state index in [0.717, 1.165) is 47.6 Å². The van der Waals surface area contributed by atoms with Gasteiger partial charge in [0.05, 0.1) is 0 Å². The zero-order valence-electron chi connectivity index (χ0n) is 13.8. The summed E-state index contributed by atoms with van der Waals surface area (Å²) in [6.07, 6.45) is 6.08. The van der Waals surface area contributed by atoms with Crippen molar-refractivity contribution in [1.82, 2.24) is 15.0 Å². The molecular weight excluding hydrogens is 312 g/mol. The van der Waals surface area contributed by atoms with Crippen LogP contribution in [0.15, 0.2) is 48.8 Å². The fourth-order valence-corrected chi connectivity index (χ4v) is 3.12. The van der Waals surface area contributed by atoms with Crippen LogP contribution in [0.4, 0.5) is 17.2 Å². The molecule has 0 radical (unpaired) electrons. The van der Waals surface area contributed by atoms with Gasteiger partial charge in [-0.15, -0.1) is 0 Å². The summed E-state index contributed by atoms with van der Waals surface area (Å²) in [5.74, 6) is 1.50. The highest BCUT2D eigenvalue weighted by atomic mass is 15.0. The van der Waals surface area contributed by atoms with E-state index in [-0.39, 0.29) is 6.04 Å². The standard InChI is InChI=1S/C19H20N6/c20-13-2-1-3-15(10-13)23-19-16-11-14(21)4-5-17(16)24-18(25-19)12-6-8-22-9-7-12/h1-3,6-10,14H,4-5,11,20-21H2,(H,23,24,25). The molecule has 6 heteroatoms. The largest absolute Gasteiger partial charge is 0.399 e. The second kappa shape index (κ2) is 6.49. The Labute approximate surface area is 146 Å². The van der Waals surface area contributed by atoms with Crippen LogP contribution in [-0.2, 0) is 12.8 Å². The quantitative estimate of drug-likeness (QED) is 0.637. The molecule has 2 heterocycles. The summed E-state index contributed by atoms with van der Waals surface area (Å²) >= 11 is 0. The monoisotopic (exact) mass is 332 g/mol. The van der Waals surface area contributed by atoms with Crippen molar-refractivity contribution in [3.8, 4) is 11.4 Å². The van der Waals surface area contributed by atoms with Crippen molar-refractivity contribution in [3.05, 3.63) is 60.0 Å². The Kier molecular flexibility index (Phi) is 4.03. The number of aromatic nitrogens is 3. The molecule has 126 valence electrons. The number of benzene rings is 1. The molecule has 2 aromatic heterocycles. The average molecular weight is 332 g/mol. The Morgan fingerprint density at radius 3 is 2.72 bits per heavy atom. The third kappa shape index (κ3) is 3.29. The third-order valence-corrected chi connectivity index (χ3v) is 4.40. The maximum absolute atomic E-state index is 6.17. The summed E-state index contributed by atoms with van der Waals surface area (Å²) in [6, 6.07) is 11.6. The van der Waals surface area contributed by atoms with Crippen molar-refractivity contribution in [2.24, 2.45) is 5.73 Å². The van der Waals surface area contributed by atoms with Gasteiger partial charge in [0.1, 0.15) is 5.82 Å². The zero-order chi connectivity index (χ0) is 17.2. The first-order chi connectivity index (χ1) is 12.2. The van der Waals surface area contributed by atoms with Gasteiger partial charge in [0.15, 0.2) is 5.82 Å². The Morgan fingerprint density at radius 2 is 1.92 bits per heavy atom. The lowest BCUT2D eigenvalue weighted by Crippen LogP contribution is -2.29. The minimum absolute atomic E-state index is 0.143. The molecule has 0 spiro atoms. The van der Waals surface area contributed by atoms with Crippen LogP contribution >= 0.6 is 0 Å². The van der Waals surface area contributed by atoms with Gasteiger partial charge >= 0.3 is 0 Å². The van der Waals surface area contributed by atoms with Crippen LogP contribution in [0.2, 0.25) is 0 Å². The molecule has 0 fully saturated rings. The number of rotatable bonds is 3. The van der Waals surface area contributed by atoms with E-state index in [1.54, 1.807) is 12.4 Å². The predicted octanol–water partition coefficient (Wildman–Crippen LogP) is 2.68. The molecule has 0 aliphatic heterocycles. The first-order valence-corrected chi connectivity index (χ1v) is 8.37. The lowest BCUT2D eigenvalue weighted by molar-refractivity contribution is 0.566. The lowest BCUT2D eigenvalue weighted by atomic mass is 9.92. The van der Waals surface area contributed by atoms with Crippen molar-refractivity contribution < 1.29 is 0 Å². The van der Waals surface area contributed by atoms with Crippen LogP contribution < -0.4 is 16.8 Å². The summed E-state index contributed by atoms with van der Waals surface area (Å²) in [7, 11) is 0. The molecule has 4 rings (SSSR count). The number of nitrogens with one attached hydrogen (secondary N) is 1. The molecule has 1 aliphatic carbocycles. The number of hydrogen-bond donors (Lipinski definition) is 3. The minimum atomic E-state index is 0.143. The first-order valence-electron chi connectivity index (χ1n) is 8.37. The van der Waals surface area contributed by atoms with Crippen LogP contribution in [-0.4, -0.2) is 21.0 Å². The Morgan fingerprint density at radius 1 is 1.08 bits per heavy atom. The summed E-state index contributed by atoms with van der Waals surface area (Å²) in [5, 5.41) is 3.40. The Hall–Kier alpha value is -2.99. The number of fused-ring (bicyclic) bond motifs is 1. The predicted molar refractivity (Wildman–Crippen MR) is 99.4 cm³/mol. The molecule has 6 nitrogen and oxygen atoms in total. The molecule has 1 aromatic carbocycles. The summed E-state index contributed by atoms with van der Waals surface area (Å²) < 4.78 is 0. The van der Waals surface area contributed by atoms with Gasteiger partial charge in [-0.3, -0.25) is 4.98 Å². The van der Waals surface area contributed by atoms with Crippen LogP contribution in [0.25, 0.3) is 11.4 Å². The second-order valence-corrected chi connectivity index (χ2v) is 6.31. The maximum Gasteiger partial charge on any atom is 0.161 e. The topological polar surface area (TPSA) is 103 Å². The number of pyridine rings is 1. The van der Waals surface area contributed by atoms with Gasteiger partial charge in [-0.2, -0.15) is 0 Å². The van der Waals surface area contributed by atoms with E-state index in [2.05, 4.69) is 10.3 Å². The van der Waals surface area contributed by atoms with Crippen molar-refractivity contribution in [3.63, 3.8) is 0 Å². The van der Waals surface area contributed by atoms with Crippen molar-refractivity contribution >= 4 is 17.2 Å². The SMILES string of the molecule is Nc1cccc(Nc2nc(-c3ccncc3)nc3c2CC(N)CC3)c1. The zero-order valence-corrected chi connectivity index (χ0v) is 13.8. The van der Waals surface area contributed by atoms with Crippen LogP contribution in [0.5, 0.6) is 0 Å². The smallest absolute Gasteiger partial charge is 0.161 e. The Balaban J connectivity index is 1.80. The summed E-state index contributed by atoms with van der Waals surface area (Å²) in [6.45, 7) is 0. The maximum atomic E-state index is 6.17. The highest BCUT2D eigenvalue weighted by molar-refractivity contribution is 5.67. The van der Waals surface area contributed by atoms with E-state index >= 15 is 0 Å². The Bertz CT molecular complexity index is 894. The summed E-state index contributed by atoms with van der Waals surface area (Å²) in [5.41, 5.74) is 16.8. The van der Waals surface area contributed by atoms with Gasteiger partial charge in [-0.25, -0.2) is 9.97 Å². The molecule has 1 unspecified atom stereocenters. The molecule has 3 aromatic rings. The molecule has 0 bridgehead atoms. The number of nitrogens with zero attached hydrogens (tertiary/aromatic N) is 3. The molecule has 25 heavy (non-hydrogen) atoms.